The van der Waals surface area contributed by atoms with Crippen molar-refractivity contribution in [2.45, 2.75) is 49.3 Å². The predicted octanol–water partition coefficient (Wildman–Crippen LogP) is 1.51. The average Bonchev–Trinajstić information content (AvgIpc) is 3.56. The maximum atomic E-state index is 13.9. The molecule has 0 unspecified atom stereocenters. The predicted molar refractivity (Wildman–Crippen MR) is 169 cm³/mol. The van der Waals surface area contributed by atoms with E-state index in [-0.39, 0.29) is 30.4 Å². The molecule has 3 aromatic rings. The normalized spacial score (nSPS) is 15.0. The van der Waals surface area contributed by atoms with Crippen molar-refractivity contribution in [3.63, 3.8) is 0 Å². The highest BCUT2D eigenvalue weighted by Crippen LogP contribution is 2.22. The van der Waals surface area contributed by atoms with Crippen LogP contribution in [0.4, 0.5) is 0 Å². The Morgan fingerprint density at radius 1 is 1.00 bits per heavy atom. The fourth-order valence-corrected chi connectivity index (χ4v) is 6.15. The summed E-state index contributed by atoms with van der Waals surface area (Å²) in [6.07, 6.45) is 0.363. The van der Waals surface area contributed by atoms with Gasteiger partial charge in [0.05, 0.1) is 30.1 Å². The number of amides is 3. The molecule has 4 rings (SSSR count). The Balaban J connectivity index is 1.48. The molecule has 1 saturated heterocycles. The van der Waals surface area contributed by atoms with E-state index < -0.39 is 46.2 Å². The molecule has 1 aliphatic rings. The van der Waals surface area contributed by atoms with Gasteiger partial charge in [-0.1, -0.05) is 36.4 Å². The molecule has 1 aliphatic heterocycles. The van der Waals surface area contributed by atoms with Crippen molar-refractivity contribution in [2.24, 2.45) is 5.73 Å². The molecule has 14 heteroatoms. The largest absolute Gasteiger partial charge is 0.497 e. The van der Waals surface area contributed by atoms with Gasteiger partial charge in [0.2, 0.25) is 27.7 Å². The van der Waals surface area contributed by atoms with Crippen LogP contribution >= 0.6 is 0 Å². The van der Waals surface area contributed by atoms with E-state index in [1.165, 1.54) is 36.3 Å². The second-order valence-electron chi connectivity index (χ2n) is 10.7. The molecule has 0 aromatic heterocycles. The quantitative estimate of drug-likeness (QED) is 0.136. The van der Waals surface area contributed by atoms with E-state index in [0.717, 1.165) is 5.56 Å². The van der Waals surface area contributed by atoms with Crippen molar-refractivity contribution in [1.82, 2.24) is 20.3 Å². The molecule has 0 spiro atoms. The number of nitrogens with two attached hydrogens (primary N) is 1. The van der Waals surface area contributed by atoms with Crippen LogP contribution in [-0.2, 0) is 37.5 Å². The second-order valence-corrected chi connectivity index (χ2v) is 12.4. The molecular weight excluding hydrogens is 610 g/mol. The number of nitrogens with one attached hydrogen (secondary N) is 4. The van der Waals surface area contributed by atoms with Gasteiger partial charge in [-0.15, -0.1) is 0 Å². The third-order valence-electron chi connectivity index (χ3n) is 7.50. The molecule has 3 aromatic carbocycles. The van der Waals surface area contributed by atoms with Crippen LogP contribution in [-0.4, -0.2) is 62.6 Å². The highest BCUT2D eigenvalue weighted by molar-refractivity contribution is 7.89. The third-order valence-corrected chi connectivity index (χ3v) is 8.99. The third kappa shape index (κ3) is 8.68. The first-order valence-corrected chi connectivity index (χ1v) is 15.9. The lowest BCUT2D eigenvalue weighted by atomic mass is 10.1. The Bertz CT molecular complexity index is 1720. The number of benzene rings is 3. The van der Waals surface area contributed by atoms with E-state index in [4.69, 9.17) is 21.1 Å². The van der Waals surface area contributed by atoms with Crippen LogP contribution < -0.4 is 25.8 Å². The maximum absolute atomic E-state index is 13.9. The highest BCUT2D eigenvalue weighted by Gasteiger charge is 2.39. The first kappa shape index (κ1) is 33.6. The molecule has 13 nitrogen and oxygen atoms in total. The number of carbonyl (C=O) groups is 3. The Labute approximate surface area is 267 Å². The number of nitrogens with zero attached hydrogens (tertiary/aromatic N) is 2. The van der Waals surface area contributed by atoms with E-state index in [1.54, 1.807) is 48.5 Å². The lowest BCUT2D eigenvalue weighted by Gasteiger charge is -2.28. The van der Waals surface area contributed by atoms with Gasteiger partial charge in [0.1, 0.15) is 23.7 Å². The number of likely N-dealkylation sites (tertiary alicyclic amines) is 1. The first-order valence-electron chi connectivity index (χ1n) is 14.4. The number of ether oxygens (including phenoxy) is 1. The van der Waals surface area contributed by atoms with E-state index in [9.17, 15) is 22.8 Å². The van der Waals surface area contributed by atoms with Crippen LogP contribution in [0.15, 0.2) is 77.7 Å². The molecule has 0 bridgehead atoms. The van der Waals surface area contributed by atoms with Crippen LogP contribution in [0, 0.1) is 16.7 Å². The van der Waals surface area contributed by atoms with Crippen LogP contribution in [0.1, 0.15) is 41.5 Å². The number of rotatable bonds is 13. The molecular formula is C32H35N7O6S. The van der Waals surface area contributed by atoms with Gasteiger partial charge < -0.3 is 26.0 Å². The number of amidine groups is 1. The first-order chi connectivity index (χ1) is 22.0. The minimum Gasteiger partial charge on any atom is -0.497 e. The number of carbonyl (C=O) groups excluding carboxylic acids is 3. The summed E-state index contributed by atoms with van der Waals surface area (Å²) < 4.78 is 34.2. The molecule has 1 heterocycles. The van der Waals surface area contributed by atoms with Crippen molar-refractivity contribution in [3.05, 3.63) is 95.1 Å². The minimum atomic E-state index is -4.26. The number of nitriles is 1. The molecule has 0 radical (unpaired) electrons. The van der Waals surface area contributed by atoms with Gasteiger partial charge in [0.15, 0.2) is 0 Å². The topological polar surface area (TPSA) is 208 Å². The summed E-state index contributed by atoms with van der Waals surface area (Å²) in [6.45, 7) is 0.470. The molecule has 6 N–H and O–H groups in total. The lowest BCUT2D eigenvalue weighted by Crippen LogP contribution is -2.54. The van der Waals surface area contributed by atoms with Gasteiger partial charge >= 0.3 is 0 Å². The van der Waals surface area contributed by atoms with Gasteiger partial charge in [0, 0.05) is 25.2 Å². The van der Waals surface area contributed by atoms with E-state index >= 15 is 0 Å². The summed E-state index contributed by atoms with van der Waals surface area (Å²) in [5.41, 5.74) is 7.98. The van der Waals surface area contributed by atoms with Crippen molar-refractivity contribution in [3.8, 4) is 11.8 Å². The highest BCUT2D eigenvalue weighted by atomic mass is 32.2. The van der Waals surface area contributed by atoms with Crippen LogP contribution in [0.5, 0.6) is 5.75 Å². The van der Waals surface area contributed by atoms with Gasteiger partial charge in [-0.2, -0.15) is 9.98 Å². The molecule has 46 heavy (non-hydrogen) atoms. The number of hydrogen-bond donors (Lipinski definition) is 5. The van der Waals surface area contributed by atoms with Crippen LogP contribution in [0.25, 0.3) is 0 Å². The molecule has 0 saturated carbocycles. The lowest BCUT2D eigenvalue weighted by molar-refractivity contribution is -0.140. The number of hydrogen-bond acceptors (Lipinski definition) is 8. The number of nitrogen functional groups attached to an aromatic ring is 1. The van der Waals surface area contributed by atoms with Gasteiger partial charge in [-0.25, -0.2) is 8.42 Å². The molecule has 240 valence electrons. The summed E-state index contributed by atoms with van der Waals surface area (Å²) in [7, 11) is -2.82. The maximum Gasteiger partial charge on any atom is 0.243 e. The Kier molecular flexibility index (Phi) is 11.1. The summed E-state index contributed by atoms with van der Waals surface area (Å²) >= 11 is 0. The molecule has 2 atom stereocenters. The molecule has 3 amide bonds. The van der Waals surface area contributed by atoms with Crippen molar-refractivity contribution in [1.29, 1.82) is 10.7 Å². The Morgan fingerprint density at radius 2 is 1.61 bits per heavy atom. The molecule has 1 fully saturated rings. The fraction of sp³-hybridized carbons (Fsp3) is 0.281. The smallest absolute Gasteiger partial charge is 0.243 e. The SMILES string of the molecule is COc1ccc(S(=O)(=O)N[C@@H](CC(=O)NCc2ccc(C#N)cc2)C(=O)N2CCC[C@H]2C(=O)NCc2ccc(C(=N)N)cc2)cc1. The summed E-state index contributed by atoms with van der Waals surface area (Å²) in [5, 5.41) is 22.0. The average molecular weight is 646 g/mol. The second kappa shape index (κ2) is 15.2. The van der Waals surface area contributed by atoms with Crippen LogP contribution in [0.2, 0.25) is 0 Å². The Morgan fingerprint density at radius 3 is 2.20 bits per heavy atom. The summed E-state index contributed by atoms with van der Waals surface area (Å²) in [5.74, 6) is -1.34. The zero-order valence-corrected chi connectivity index (χ0v) is 26.0. The van der Waals surface area contributed by atoms with Gasteiger partial charge in [0.25, 0.3) is 0 Å². The Hall–Kier alpha value is -5.26. The summed E-state index contributed by atoms with van der Waals surface area (Å²) in [4.78, 5) is 41.3. The van der Waals surface area contributed by atoms with Crippen molar-refractivity contribution >= 4 is 33.6 Å². The van der Waals surface area contributed by atoms with Gasteiger partial charge in [-0.3, -0.25) is 19.8 Å². The fourth-order valence-electron chi connectivity index (χ4n) is 4.96. The monoisotopic (exact) mass is 645 g/mol. The zero-order chi connectivity index (χ0) is 33.3. The van der Waals surface area contributed by atoms with E-state index in [2.05, 4.69) is 15.4 Å². The van der Waals surface area contributed by atoms with Crippen molar-refractivity contribution < 1.29 is 27.5 Å². The minimum absolute atomic E-state index is 0.0733. The van der Waals surface area contributed by atoms with Gasteiger partial charge in [-0.05, 0) is 60.4 Å². The van der Waals surface area contributed by atoms with Crippen LogP contribution in [0.3, 0.4) is 0 Å². The van der Waals surface area contributed by atoms with E-state index in [1.807, 2.05) is 6.07 Å². The number of methoxy groups -OCH3 is 1. The molecule has 0 aliphatic carbocycles. The zero-order valence-electron chi connectivity index (χ0n) is 25.2. The standard InChI is InChI=1S/C32H35N7O6S/c1-45-25-12-14-26(15-13-25)46(43,44)38-27(17-29(40)36-19-22-6-4-21(18-33)5-7-22)32(42)39-16-2-3-28(39)31(41)37-20-23-8-10-24(11-9-23)30(34)35/h4-15,27-28,38H,2-3,16-17,19-20H2,1H3,(H3,34,35)(H,36,40)(H,37,41)/t27-,28-/m0/s1. The summed E-state index contributed by atoms with van der Waals surface area (Å²) in [6, 6.07) is 18.6. The van der Waals surface area contributed by atoms with Crippen molar-refractivity contribution in [2.75, 3.05) is 13.7 Å². The van der Waals surface area contributed by atoms with E-state index in [0.29, 0.717) is 35.3 Å². The number of sulfonamides is 1.